The minimum absolute atomic E-state index is 0.0549. The second-order valence-electron chi connectivity index (χ2n) is 4.84. The molecule has 0 radical (unpaired) electrons. The van der Waals surface area contributed by atoms with Crippen LogP contribution in [-0.4, -0.2) is 16.3 Å². The normalized spacial score (nSPS) is 12.7. The van der Waals surface area contributed by atoms with E-state index >= 15 is 0 Å². The van der Waals surface area contributed by atoms with Gasteiger partial charge in [0.1, 0.15) is 5.82 Å². The smallest absolute Gasteiger partial charge is 0.123 e. The molecule has 1 unspecified atom stereocenters. The molecule has 2 aromatic rings. The first-order chi connectivity index (χ1) is 9.02. The molecule has 0 fully saturated rings. The Balaban J connectivity index is 2.48. The number of benzene rings is 1. The van der Waals surface area contributed by atoms with Crippen LogP contribution in [0.25, 0.3) is 0 Å². The summed E-state index contributed by atoms with van der Waals surface area (Å²) in [6.07, 6.45) is 2.02. The Hall–Kier alpha value is -1.68. The quantitative estimate of drug-likeness (QED) is 0.917. The second kappa shape index (κ2) is 5.53. The number of halogens is 1. The summed E-state index contributed by atoms with van der Waals surface area (Å²) in [4.78, 5) is 0. The molecule has 1 atom stereocenters. The van der Waals surface area contributed by atoms with E-state index in [4.69, 9.17) is 0 Å². The van der Waals surface area contributed by atoms with E-state index in [1.165, 1.54) is 6.07 Å². The van der Waals surface area contributed by atoms with Crippen LogP contribution in [0.4, 0.5) is 4.39 Å². The van der Waals surface area contributed by atoms with Crippen molar-refractivity contribution in [3.05, 3.63) is 52.6 Å². The Labute approximate surface area is 113 Å². The van der Waals surface area contributed by atoms with E-state index in [1.807, 2.05) is 37.8 Å². The molecular weight excluding hydrogens is 241 g/mol. The SMILES string of the molecule is CCNC(c1ccc(F)cc1C)c1cn(C)nc1C. The molecule has 102 valence electrons. The highest BCUT2D eigenvalue weighted by molar-refractivity contribution is 5.37. The maximum absolute atomic E-state index is 13.2. The summed E-state index contributed by atoms with van der Waals surface area (Å²) < 4.78 is 15.1. The van der Waals surface area contributed by atoms with Crippen LogP contribution in [0, 0.1) is 19.7 Å². The Morgan fingerprint density at radius 3 is 2.58 bits per heavy atom. The van der Waals surface area contributed by atoms with Crippen LogP contribution in [0.15, 0.2) is 24.4 Å². The van der Waals surface area contributed by atoms with Gasteiger partial charge >= 0.3 is 0 Å². The number of aromatic nitrogens is 2. The van der Waals surface area contributed by atoms with Gasteiger partial charge in [0.25, 0.3) is 0 Å². The number of nitrogens with one attached hydrogen (secondary N) is 1. The summed E-state index contributed by atoms with van der Waals surface area (Å²) in [5, 5.41) is 7.84. The molecule has 3 nitrogen and oxygen atoms in total. The molecule has 4 heteroatoms. The Bertz CT molecular complexity index is 575. The van der Waals surface area contributed by atoms with Gasteiger partial charge in [-0.15, -0.1) is 0 Å². The number of nitrogens with zero attached hydrogens (tertiary/aromatic N) is 2. The second-order valence-corrected chi connectivity index (χ2v) is 4.84. The van der Waals surface area contributed by atoms with E-state index in [1.54, 1.807) is 6.07 Å². The maximum atomic E-state index is 13.2. The number of aryl methyl sites for hydroxylation is 3. The molecule has 0 aliphatic rings. The maximum Gasteiger partial charge on any atom is 0.123 e. The van der Waals surface area contributed by atoms with Crippen LogP contribution < -0.4 is 5.32 Å². The minimum atomic E-state index is -0.195. The first-order valence-electron chi connectivity index (χ1n) is 6.52. The van der Waals surface area contributed by atoms with Gasteiger partial charge < -0.3 is 5.32 Å². The summed E-state index contributed by atoms with van der Waals surface area (Å²) in [5.41, 5.74) is 4.18. The summed E-state index contributed by atoms with van der Waals surface area (Å²) >= 11 is 0. The van der Waals surface area contributed by atoms with Crippen molar-refractivity contribution in [2.45, 2.75) is 26.8 Å². The van der Waals surface area contributed by atoms with Crippen LogP contribution in [0.3, 0.4) is 0 Å². The van der Waals surface area contributed by atoms with Crippen LogP contribution >= 0.6 is 0 Å². The first kappa shape index (κ1) is 13.7. The molecule has 0 amide bonds. The molecule has 0 saturated carbocycles. The van der Waals surface area contributed by atoms with E-state index in [2.05, 4.69) is 17.3 Å². The lowest BCUT2D eigenvalue weighted by Crippen LogP contribution is -2.23. The number of rotatable bonds is 4. The van der Waals surface area contributed by atoms with E-state index < -0.39 is 0 Å². The number of hydrogen-bond acceptors (Lipinski definition) is 2. The highest BCUT2D eigenvalue weighted by Gasteiger charge is 2.19. The predicted molar refractivity (Wildman–Crippen MR) is 74.6 cm³/mol. The molecule has 0 saturated heterocycles. The standard InChI is InChI=1S/C15H20FN3/c1-5-17-15(14-9-19(4)18-11(14)3)13-7-6-12(16)8-10(13)2/h6-9,15,17H,5H2,1-4H3. The average molecular weight is 261 g/mol. The largest absolute Gasteiger partial charge is 0.306 e. The molecular formula is C15H20FN3. The van der Waals surface area contributed by atoms with Crippen molar-refractivity contribution >= 4 is 0 Å². The van der Waals surface area contributed by atoms with E-state index in [0.717, 1.165) is 28.9 Å². The fraction of sp³-hybridized carbons (Fsp3) is 0.400. The molecule has 2 rings (SSSR count). The topological polar surface area (TPSA) is 29.9 Å². The van der Waals surface area contributed by atoms with Gasteiger partial charge in [-0.3, -0.25) is 4.68 Å². The van der Waals surface area contributed by atoms with Gasteiger partial charge in [0.15, 0.2) is 0 Å². The van der Waals surface area contributed by atoms with E-state index in [0.29, 0.717) is 0 Å². The summed E-state index contributed by atoms with van der Waals surface area (Å²) in [6.45, 7) is 6.85. The average Bonchev–Trinajstić information content (AvgIpc) is 2.66. The molecule has 1 N–H and O–H groups in total. The van der Waals surface area contributed by atoms with Crippen LogP contribution in [-0.2, 0) is 7.05 Å². The van der Waals surface area contributed by atoms with Crippen molar-refractivity contribution in [3.63, 3.8) is 0 Å². The van der Waals surface area contributed by atoms with Crippen molar-refractivity contribution in [3.8, 4) is 0 Å². The van der Waals surface area contributed by atoms with Crippen molar-refractivity contribution in [1.82, 2.24) is 15.1 Å². The Morgan fingerprint density at radius 1 is 1.32 bits per heavy atom. The molecule has 19 heavy (non-hydrogen) atoms. The summed E-state index contributed by atoms with van der Waals surface area (Å²) in [7, 11) is 1.91. The fourth-order valence-corrected chi connectivity index (χ4v) is 2.46. The number of hydrogen-bond donors (Lipinski definition) is 1. The first-order valence-corrected chi connectivity index (χ1v) is 6.52. The third-order valence-electron chi connectivity index (χ3n) is 3.31. The molecule has 1 heterocycles. The molecule has 0 aliphatic heterocycles. The van der Waals surface area contributed by atoms with Gasteiger partial charge in [-0.05, 0) is 43.7 Å². The van der Waals surface area contributed by atoms with Crippen molar-refractivity contribution in [2.75, 3.05) is 6.54 Å². The summed E-state index contributed by atoms with van der Waals surface area (Å²) in [6, 6.07) is 4.99. The van der Waals surface area contributed by atoms with Crippen molar-refractivity contribution in [1.29, 1.82) is 0 Å². The van der Waals surface area contributed by atoms with Gasteiger partial charge in [-0.2, -0.15) is 5.10 Å². The van der Waals surface area contributed by atoms with Crippen molar-refractivity contribution < 1.29 is 4.39 Å². The molecule has 0 aliphatic carbocycles. The zero-order chi connectivity index (χ0) is 14.0. The van der Waals surface area contributed by atoms with E-state index in [9.17, 15) is 4.39 Å². The van der Waals surface area contributed by atoms with Gasteiger partial charge in [0, 0.05) is 18.8 Å². The third kappa shape index (κ3) is 2.84. The third-order valence-corrected chi connectivity index (χ3v) is 3.31. The Morgan fingerprint density at radius 2 is 2.05 bits per heavy atom. The predicted octanol–water partition coefficient (Wildman–Crippen LogP) is 2.87. The zero-order valence-electron chi connectivity index (χ0n) is 11.9. The van der Waals surface area contributed by atoms with E-state index in [-0.39, 0.29) is 11.9 Å². The molecule has 0 spiro atoms. The highest BCUT2D eigenvalue weighted by Crippen LogP contribution is 2.27. The van der Waals surface area contributed by atoms with Gasteiger partial charge in [-0.25, -0.2) is 4.39 Å². The lowest BCUT2D eigenvalue weighted by molar-refractivity contribution is 0.608. The lowest BCUT2D eigenvalue weighted by Gasteiger charge is -2.20. The van der Waals surface area contributed by atoms with Gasteiger partial charge in [0.05, 0.1) is 11.7 Å². The van der Waals surface area contributed by atoms with Gasteiger partial charge in [0.2, 0.25) is 0 Å². The minimum Gasteiger partial charge on any atom is -0.306 e. The zero-order valence-corrected chi connectivity index (χ0v) is 11.9. The van der Waals surface area contributed by atoms with Gasteiger partial charge in [-0.1, -0.05) is 13.0 Å². The molecule has 1 aromatic carbocycles. The Kier molecular flexibility index (Phi) is 4.00. The summed E-state index contributed by atoms with van der Waals surface area (Å²) in [5.74, 6) is -0.195. The monoisotopic (exact) mass is 261 g/mol. The molecule has 0 bridgehead atoms. The highest BCUT2D eigenvalue weighted by atomic mass is 19.1. The molecule has 1 aromatic heterocycles. The van der Waals surface area contributed by atoms with Crippen LogP contribution in [0.1, 0.15) is 35.3 Å². The van der Waals surface area contributed by atoms with Crippen molar-refractivity contribution in [2.24, 2.45) is 7.05 Å². The van der Waals surface area contributed by atoms with Crippen LogP contribution in [0.5, 0.6) is 0 Å². The fourth-order valence-electron chi connectivity index (χ4n) is 2.46. The lowest BCUT2D eigenvalue weighted by atomic mass is 9.95. The van der Waals surface area contributed by atoms with Crippen LogP contribution in [0.2, 0.25) is 0 Å².